The third kappa shape index (κ3) is 14.9. The second-order valence-corrected chi connectivity index (χ2v) is 14.2. The van der Waals surface area contributed by atoms with Crippen LogP contribution >= 0.6 is 0 Å². The van der Waals surface area contributed by atoms with Crippen LogP contribution in [-0.4, -0.2) is 59.1 Å². The summed E-state index contributed by atoms with van der Waals surface area (Å²) < 4.78 is 4.94. The summed E-state index contributed by atoms with van der Waals surface area (Å²) in [6, 6.07) is 71.8. The van der Waals surface area contributed by atoms with E-state index in [9.17, 15) is 19.8 Å². The number of carbonyl (C=O) groups excluding carboxylic acids is 2. The van der Waals surface area contributed by atoms with E-state index in [4.69, 9.17) is 4.74 Å². The number of hydrogen-bond acceptors (Lipinski definition) is 5. The monoisotopic (exact) mass is 904 g/mol. The fraction of sp³-hybridized carbons (Fsp3) is 0.107. The molecule has 2 atom stereocenters. The first-order chi connectivity index (χ1) is 30.1. The second-order valence-electron chi connectivity index (χ2n) is 14.2. The molecular weight excluding hydrogens is 857 g/mol. The number of rotatable bonds is 9. The van der Waals surface area contributed by atoms with Gasteiger partial charge in [-0.05, 0) is 62.9 Å². The van der Waals surface area contributed by atoms with Gasteiger partial charge in [0.05, 0.1) is 0 Å². The Morgan fingerprint density at radius 2 is 0.714 bits per heavy atom. The quantitative estimate of drug-likeness (QED) is 0.0859. The van der Waals surface area contributed by atoms with Gasteiger partial charge in [-0.3, -0.25) is 9.59 Å². The van der Waals surface area contributed by atoms with Crippen LogP contribution in [0.4, 0.5) is 0 Å². The van der Waals surface area contributed by atoms with Crippen molar-refractivity contribution < 1.29 is 41.5 Å². The van der Waals surface area contributed by atoms with Crippen molar-refractivity contribution in [1.82, 2.24) is 0 Å². The Bertz CT molecular complexity index is 2320. The van der Waals surface area contributed by atoms with Crippen LogP contribution in [-0.2, 0) is 4.74 Å². The topological polar surface area (TPSA) is 83.8 Å². The van der Waals surface area contributed by atoms with Gasteiger partial charge in [0.25, 0.3) is 0 Å². The third-order valence-corrected chi connectivity index (χ3v) is 10.2. The van der Waals surface area contributed by atoms with Gasteiger partial charge in [-0.1, -0.05) is 188 Å². The van der Waals surface area contributed by atoms with Crippen molar-refractivity contribution in [1.29, 1.82) is 0 Å². The van der Waals surface area contributed by atoms with Crippen molar-refractivity contribution in [3.8, 4) is 33.4 Å². The molecule has 5 nitrogen and oxygen atoms in total. The SMILES string of the molecule is C1CCOC1.O=Cc1ccccc1C=O.OC(c1ccc(-c2ccccc2)cc1)c1ccccc1C(O)c1ccc(-c2ccccc2)cc1.[Br-].[Mg+2].[c-]1ccc(-c2ccccc2)cc1. The molecule has 9 rings (SSSR count). The number of hydrogen-bond donors (Lipinski definition) is 2. The smallest absolute Gasteiger partial charge is 1.00 e. The molecule has 1 saturated heterocycles. The van der Waals surface area contributed by atoms with Gasteiger partial charge in [0.1, 0.15) is 12.2 Å². The molecule has 1 aliphatic heterocycles. The number of benzene rings is 8. The Kier molecular flexibility index (Phi) is 21.6. The minimum Gasteiger partial charge on any atom is -1.00 e. The molecule has 0 spiro atoms. The van der Waals surface area contributed by atoms with Gasteiger partial charge in [0.2, 0.25) is 0 Å². The van der Waals surface area contributed by atoms with Crippen molar-refractivity contribution >= 4 is 35.6 Å². The summed E-state index contributed by atoms with van der Waals surface area (Å²) >= 11 is 0. The average Bonchev–Trinajstić information content (AvgIpc) is 3.96. The zero-order chi connectivity index (χ0) is 42.5. The zero-order valence-corrected chi connectivity index (χ0v) is 38.0. The Labute approximate surface area is 398 Å². The minimum atomic E-state index is -0.834. The minimum absolute atomic E-state index is 0. The van der Waals surface area contributed by atoms with Crippen molar-refractivity contribution in [2.45, 2.75) is 25.0 Å². The first-order valence-electron chi connectivity index (χ1n) is 20.4. The van der Waals surface area contributed by atoms with Gasteiger partial charge in [0.15, 0.2) is 12.6 Å². The maximum Gasteiger partial charge on any atom is 2.00 e. The number of aliphatic hydroxyl groups excluding tert-OH is 2. The predicted octanol–water partition coefficient (Wildman–Crippen LogP) is 9.07. The second kappa shape index (κ2) is 27.3. The summed E-state index contributed by atoms with van der Waals surface area (Å²) in [5, 5.41) is 22.4. The molecular formula is C56H49BrMgO5. The summed E-state index contributed by atoms with van der Waals surface area (Å²) in [6.07, 6.45) is 2.23. The molecule has 0 aliphatic carbocycles. The molecule has 0 aromatic heterocycles. The molecule has 2 N–H and O–H groups in total. The number of aldehydes is 2. The summed E-state index contributed by atoms with van der Waals surface area (Å²) in [4.78, 5) is 20.5. The van der Waals surface area contributed by atoms with Crippen LogP contribution in [0.25, 0.3) is 33.4 Å². The first-order valence-corrected chi connectivity index (χ1v) is 20.4. The molecule has 1 aliphatic rings. The van der Waals surface area contributed by atoms with Gasteiger partial charge in [-0.2, -0.15) is 30.3 Å². The fourth-order valence-electron chi connectivity index (χ4n) is 6.79. The van der Waals surface area contributed by atoms with Gasteiger partial charge >= 0.3 is 23.1 Å². The molecule has 1 heterocycles. The summed E-state index contributed by atoms with van der Waals surface area (Å²) in [6.45, 7) is 2.00. The Morgan fingerprint density at radius 1 is 0.413 bits per heavy atom. The zero-order valence-electron chi connectivity index (χ0n) is 35.0. The van der Waals surface area contributed by atoms with Crippen LogP contribution in [0.15, 0.2) is 212 Å². The van der Waals surface area contributed by atoms with Crippen molar-refractivity contribution in [2.24, 2.45) is 0 Å². The molecule has 63 heavy (non-hydrogen) atoms. The van der Waals surface area contributed by atoms with E-state index >= 15 is 0 Å². The number of aliphatic hydroxyl groups is 2. The molecule has 1 fully saturated rings. The number of carbonyl (C=O) groups is 2. The third-order valence-electron chi connectivity index (χ3n) is 10.2. The maximum atomic E-state index is 11.2. The Hall–Kier alpha value is -5.77. The normalized spacial score (nSPS) is 12.0. The first kappa shape index (κ1) is 49.9. The number of halogens is 1. The van der Waals surface area contributed by atoms with Gasteiger partial charge in [0, 0.05) is 24.3 Å². The van der Waals surface area contributed by atoms with E-state index in [1.807, 2.05) is 140 Å². The van der Waals surface area contributed by atoms with Crippen LogP contribution < -0.4 is 17.0 Å². The molecule has 312 valence electrons. The molecule has 8 aromatic carbocycles. The maximum absolute atomic E-state index is 11.2. The van der Waals surface area contributed by atoms with E-state index in [0.29, 0.717) is 34.8 Å². The van der Waals surface area contributed by atoms with Crippen molar-refractivity contribution in [2.75, 3.05) is 13.2 Å². The van der Waals surface area contributed by atoms with Crippen LogP contribution in [0.2, 0.25) is 0 Å². The van der Waals surface area contributed by atoms with Crippen LogP contribution in [0.5, 0.6) is 0 Å². The fourth-order valence-corrected chi connectivity index (χ4v) is 6.79. The molecule has 0 saturated carbocycles. The molecule has 0 bridgehead atoms. The summed E-state index contributed by atoms with van der Waals surface area (Å²) in [7, 11) is 0. The van der Waals surface area contributed by atoms with Crippen LogP contribution in [0.1, 0.15) is 68.0 Å². The van der Waals surface area contributed by atoms with E-state index in [2.05, 4.69) is 54.6 Å². The molecule has 0 amide bonds. The Balaban J connectivity index is 0.000000243. The van der Waals surface area contributed by atoms with E-state index < -0.39 is 12.2 Å². The summed E-state index contributed by atoms with van der Waals surface area (Å²) in [5.74, 6) is 0. The summed E-state index contributed by atoms with van der Waals surface area (Å²) in [5.41, 5.74) is 10.8. The molecule has 0 radical (unpaired) electrons. The molecule has 8 aromatic rings. The van der Waals surface area contributed by atoms with Gasteiger partial charge < -0.3 is 31.9 Å². The van der Waals surface area contributed by atoms with Crippen molar-refractivity contribution in [3.05, 3.63) is 252 Å². The van der Waals surface area contributed by atoms with Crippen LogP contribution in [0.3, 0.4) is 0 Å². The Morgan fingerprint density at radius 3 is 1.03 bits per heavy atom. The van der Waals surface area contributed by atoms with E-state index in [1.165, 1.54) is 24.0 Å². The standard InChI is InChI=1S/C32H26O2.C12H9.C8H6O2.C4H8O.BrH.Mg/c33-31(27-19-15-25(16-20-27)23-9-3-1-4-10-23)29-13-7-8-14-30(29)32(34)28-21-17-26(18-22-28)24-11-5-2-6-12-24;1-3-7-11(8-4-1)12-9-5-2-6-10-12;9-5-7-3-1-2-4-8(7)6-10;1-2-4-5-3-1;;/h1-22,31-34H;1,3-10H;1-6H;1-4H2;1H;/q;-1;;;;+2/p-1. The van der Waals surface area contributed by atoms with E-state index in [1.54, 1.807) is 24.3 Å². The van der Waals surface area contributed by atoms with Gasteiger partial charge in [-0.25, -0.2) is 0 Å². The largest absolute Gasteiger partial charge is 2.00 e. The molecule has 7 heteroatoms. The van der Waals surface area contributed by atoms with Gasteiger partial charge in [-0.15, -0.1) is 5.56 Å². The number of ether oxygens (including phenoxy) is 1. The van der Waals surface area contributed by atoms with E-state index in [0.717, 1.165) is 46.6 Å². The molecule has 2 unspecified atom stereocenters. The predicted molar refractivity (Wildman–Crippen MR) is 252 cm³/mol. The average molecular weight is 906 g/mol. The van der Waals surface area contributed by atoms with Crippen LogP contribution in [0, 0.1) is 6.07 Å². The van der Waals surface area contributed by atoms with Crippen molar-refractivity contribution in [3.63, 3.8) is 0 Å². The van der Waals surface area contributed by atoms with E-state index in [-0.39, 0.29) is 40.0 Å².